The second-order valence-electron chi connectivity index (χ2n) is 4.15. The second-order valence-corrected chi connectivity index (χ2v) is 4.15. The van der Waals surface area contributed by atoms with Gasteiger partial charge in [0, 0.05) is 18.9 Å². The molecule has 0 bridgehead atoms. The van der Waals surface area contributed by atoms with Crippen LogP contribution in [-0.2, 0) is 11.3 Å². The summed E-state index contributed by atoms with van der Waals surface area (Å²) >= 11 is 0. The molecule has 0 aliphatic carbocycles. The lowest BCUT2D eigenvalue weighted by molar-refractivity contribution is -0.123. The highest BCUT2D eigenvalue weighted by Gasteiger charge is 2.32. The van der Waals surface area contributed by atoms with Crippen molar-refractivity contribution < 1.29 is 4.79 Å². The summed E-state index contributed by atoms with van der Waals surface area (Å²) < 4.78 is 2.05. The van der Waals surface area contributed by atoms with Crippen LogP contribution in [0.25, 0.3) is 0 Å². The van der Waals surface area contributed by atoms with E-state index >= 15 is 0 Å². The van der Waals surface area contributed by atoms with Gasteiger partial charge < -0.3 is 15.6 Å². The van der Waals surface area contributed by atoms with Crippen LogP contribution in [0.4, 0.5) is 0 Å². The molecule has 88 valence electrons. The molecule has 0 saturated carbocycles. The Morgan fingerprint density at radius 2 is 2.56 bits per heavy atom. The molecule has 5 nitrogen and oxygen atoms in total. The molecule has 0 aromatic carbocycles. The highest BCUT2D eigenvalue weighted by Crippen LogP contribution is 2.27. The first-order chi connectivity index (χ1) is 7.74. The van der Waals surface area contributed by atoms with Gasteiger partial charge in [-0.1, -0.05) is 0 Å². The molecule has 3 N–H and O–H groups in total. The summed E-state index contributed by atoms with van der Waals surface area (Å²) in [6, 6.07) is -0.0267. The third-order valence-corrected chi connectivity index (χ3v) is 3.19. The Morgan fingerprint density at radius 3 is 3.25 bits per heavy atom. The smallest absolute Gasteiger partial charge is 0.222 e. The van der Waals surface area contributed by atoms with Crippen molar-refractivity contribution in [3.63, 3.8) is 0 Å². The van der Waals surface area contributed by atoms with Gasteiger partial charge in [0.05, 0.1) is 12.0 Å². The molecule has 1 aromatic heterocycles. The predicted molar refractivity (Wildman–Crippen MR) is 60.6 cm³/mol. The molecule has 1 fully saturated rings. The van der Waals surface area contributed by atoms with E-state index in [1.165, 1.54) is 0 Å². The number of aryl methyl sites for hydroxylation is 1. The van der Waals surface area contributed by atoms with E-state index in [1.54, 1.807) is 6.20 Å². The lowest BCUT2D eigenvalue weighted by Gasteiger charge is -2.30. The van der Waals surface area contributed by atoms with Gasteiger partial charge in [-0.3, -0.25) is 4.79 Å². The van der Waals surface area contributed by atoms with Crippen molar-refractivity contribution in [1.29, 1.82) is 0 Å². The zero-order chi connectivity index (χ0) is 11.5. The summed E-state index contributed by atoms with van der Waals surface area (Å²) in [5.41, 5.74) is 5.44. The minimum Gasteiger partial charge on any atom is -0.369 e. The normalized spacial score (nSPS) is 25.6. The highest BCUT2D eigenvalue weighted by molar-refractivity contribution is 5.77. The van der Waals surface area contributed by atoms with E-state index in [-0.39, 0.29) is 17.9 Å². The summed E-state index contributed by atoms with van der Waals surface area (Å²) in [5.74, 6) is 0.551. The number of aromatic nitrogens is 2. The maximum absolute atomic E-state index is 11.4. The molecule has 1 saturated heterocycles. The highest BCUT2D eigenvalue weighted by atomic mass is 16.1. The zero-order valence-corrected chi connectivity index (χ0v) is 9.52. The van der Waals surface area contributed by atoms with E-state index in [0.29, 0.717) is 0 Å². The first kappa shape index (κ1) is 11.1. The Morgan fingerprint density at radius 1 is 1.75 bits per heavy atom. The van der Waals surface area contributed by atoms with Crippen LogP contribution in [0.1, 0.15) is 31.6 Å². The fourth-order valence-electron chi connectivity index (χ4n) is 2.33. The van der Waals surface area contributed by atoms with E-state index in [9.17, 15) is 4.79 Å². The van der Waals surface area contributed by atoms with E-state index < -0.39 is 0 Å². The fraction of sp³-hybridized carbons (Fsp3) is 0.636. The second kappa shape index (κ2) is 4.65. The van der Waals surface area contributed by atoms with Gasteiger partial charge in [0.15, 0.2) is 0 Å². The Labute approximate surface area is 95.0 Å². The summed E-state index contributed by atoms with van der Waals surface area (Å²) in [6.45, 7) is 3.84. The summed E-state index contributed by atoms with van der Waals surface area (Å²) in [7, 11) is 0. The van der Waals surface area contributed by atoms with Crippen molar-refractivity contribution >= 4 is 5.91 Å². The number of nitrogens with zero attached hydrogens (tertiary/aromatic N) is 2. The lowest BCUT2D eigenvalue weighted by atomic mass is 9.89. The van der Waals surface area contributed by atoms with Gasteiger partial charge in [-0.25, -0.2) is 4.98 Å². The number of amides is 1. The first-order valence-electron chi connectivity index (χ1n) is 5.77. The summed E-state index contributed by atoms with van der Waals surface area (Å²) in [6.07, 6.45) is 5.55. The Bertz CT molecular complexity index is 374. The van der Waals surface area contributed by atoms with Gasteiger partial charge in [0.1, 0.15) is 5.82 Å². The molecule has 5 heteroatoms. The minimum atomic E-state index is -0.233. The van der Waals surface area contributed by atoms with Crippen LogP contribution in [0.5, 0.6) is 0 Å². The Balaban J connectivity index is 2.26. The number of rotatable bonds is 3. The van der Waals surface area contributed by atoms with Gasteiger partial charge in [-0.15, -0.1) is 0 Å². The van der Waals surface area contributed by atoms with Gasteiger partial charge in [0.2, 0.25) is 5.91 Å². The topological polar surface area (TPSA) is 72.9 Å². The fourth-order valence-corrected chi connectivity index (χ4v) is 2.33. The van der Waals surface area contributed by atoms with Crippen molar-refractivity contribution in [3.8, 4) is 0 Å². The molecule has 1 amide bonds. The van der Waals surface area contributed by atoms with Crippen molar-refractivity contribution in [2.75, 3.05) is 6.54 Å². The summed E-state index contributed by atoms with van der Waals surface area (Å²) in [4.78, 5) is 15.7. The van der Waals surface area contributed by atoms with E-state index in [4.69, 9.17) is 5.73 Å². The van der Waals surface area contributed by atoms with Gasteiger partial charge in [0.25, 0.3) is 0 Å². The predicted octanol–water partition coefficient (Wildman–Crippen LogP) is 0.429. The number of nitrogens with one attached hydrogen (secondary N) is 1. The molecular weight excluding hydrogens is 204 g/mol. The third-order valence-electron chi connectivity index (χ3n) is 3.19. The maximum Gasteiger partial charge on any atom is 0.222 e. The number of primary amides is 1. The van der Waals surface area contributed by atoms with Gasteiger partial charge in [-0.2, -0.15) is 0 Å². The van der Waals surface area contributed by atoms with Crippen molar-refractivity contribution in [3.05, 3.63) is 18.2 Å². The molecule has 1 aromatic rings. The molecule has 16 heavy (non-hydrogen) atoms. The van der Waals surface area contributed by atoms with E-state index in [1.807, 2.05) is 6.20 Å². The molecular formula is C11H18N4O. The Hall–Kier alpha value is -1.36. The monoisotopic (exact) mass is 222 g/mol. The average Bonchev–Trinajstić information content (AvgIpc) is 2.76. The molecule has 2 heterocycles. The van der Waals surface area contributed by atoms with Crippen LogP contribution in [0.3, 0.4) is 0 Å². The SMILES string of the molecule is CCn1ccnc1C1NCCCC1C(N)=O. The van der Waals surface area contributed by atoms with Crippen LogP contribution in [-0.4, -0.2) is 22.0 Å². The summed E-state index contributed by atoms with van der Waals surface area (Å²) in [5, 5.41) is 3.34. The molecule has 2 unspecified atom stereocenters. The number of piperidine rings is 1. The van der Waals surface area contributed by atoms with Crippen LogP contribution in [0.2, 0.25) is 0 Å². The number of nitrogens with two attached hydrogens (primary N) is 1. The number of carbonyl (C=O) groups is 1. The van der Waals surface area contributed by atoms with E-state index in [2.05, 4.69) is 21.8 Å². The van der Waals surface area contributed by atoms with Crippen LogP contribution in [0.15, 0.2) is 12.4 Å². The van der Waals surface area contributed by atoms with Gasteiger partial charge >= 0.3 is 0 Å². The number of imidazole rings is 1. The van der Waals surface area contributed by atoms with Crippen LogP contribution < -0.4 is 11.1 Å². The average molecular weight is 222 g/mol. The third kappa shape index (κ3) is 1.95. The number of hydrogen-bond donors (Lipinski definition) is 2. The minimum absolute atomic E-state index is 0.0267. The van der Waals surface area contributed by atoms with E-state index in [0.717, 1.165) is 31.8 Å². The maximum atomic E-state index is 11.4. The molecule has 0 spiro atoms. The first-order valence-corrected chi connectivity index (χ1v) is 5.77. The number of hydrogen-bond acceptors (Lipinski definition) is 3. The zero-order valence-electron chi connectivity index (χ0n) is 9.52. The molecule has 0 radical (unpaired) electrons. The Kier molecular flexibility index (Phi) is 3.24. The molecule has 1 aliphatic rings. The number of carbonyl (C=O) groups excluding carboxylic acids is 1. The van der Waals surface area contributed by atoms with Crippen LogP contribution >= 0.6 is 0 Å². The molecule has 1 aliphatic heterocycles. The van der Waals surface area contributed by atoms with Crippen molar-refractivity contribution in [2.45, 2.75) is 32.4 Å². The molecule has 2 atom stereocenters. The van der Waals surface area contributed by atoms with Crippen molar-refractivity contribution in [2.24, 2.45) is 11.7 Å². The largest absolute Gasteiger partial charge is 0.369 e. The van der Waals surface area contributed by atoms with Crippen LogP contribution in [0, 0.1) is 5.92 Å². The molecule has 2 rings (SSSR count). The standard InChI is InChI=1S/C11H18N4O/c1-2-15-7-6-14-11(15)9-8(10(12)16)4-3-5-13-9/h6-9,13H,2-5H2,1H3,(H2,12,16). The van der Waals surface area contributed by atoms with Gasteiger partial charge in [-0.05, 0) is 26.3 Å². The van der Waals surface area contributed by atoms with Crippen molar-refractivity contribution in [1.82, 2.24) is 14.9 Å². The lowest BCUT2D eigenvalue weighted by Crippen LogP contribution is -2.42. The quantitative estimate of drug-likeness (QED) is 0.779.